The van der Waals surface area contributed by atoms with Crippen LogP contribution in [0.1, 0.15) is 0 Å². The lowest BCUT2D eigenvalue weighted by atomic mass is 9.87. The lowest BCUT2D eigenvalue weighted by molar-refractivity contribution is 0.520. The average Bonchev–Trinajstić information content (AvgIpc) is 2.30. The third kappa shape index (κ3) is 3.15. The normalized spacial score (nSPS) is 10.2. The Morgan fingerprint density at radius 3 is 2.11 bits per heavy atom. The summed E-state index contributed by atoms with van der Waals surface area (Å²) < 4.78 is 31.8. The predicted molar refractivity (Wildman–Crippen MR) is 68.8 cm³/mol. The molecule has 0 aromatic heterocycles. The number of halogens is 4. The number of rotatable bonds is 3. The average molecular weight is 286 g/mol. The summed E-state index contributed by atoms with van der Waals surface area (Å²) in [5.41, 5.74) is 0.175. The lowest BCUT2D eigenvalue weighted by Crippen LogP contribution is -2.23. The summed E-state index contributed by atoms with van der Waals surface area (Å²) >= 11 is 11.2. The Hall–Kier alpha value is -1.26. The van der Waals surface area contributed by atoms with Crippen molar-refractivity contribution in [3.05, 3.63) is 58.1 Å². The van der Waals surface area contributed by atoms with Gasteiger partial charge in [-0.15, -0.1) is 0 Å². The van der Waals surface area contributed by atoms with Crippen molar-refractivity contribution in [2.24, 2.45) is 0 Å². The molecule has 6 heteroatoms. The van der Waals surface area contributed by atoms with Gasteiger partial charge in [0.25, 0.3) is 0 Å². The van der Waals surface area contributed by atoms with Gasteiger partial charge in [0.2, 0.25) is 0 Å². The molecule has 0 saturated carbocycles. The first-order valence-electron chi connectivity index (χ1n) is 4.96. The van der Waals surface area contributed by atoms with Gasteiger partial charge in [0.1, 0.15) is 11.6 Å². The van der Waals surface area contributed by atoms with Crippen LogP contribution >= 0.6 is 23.2 Å². The van der Waals surface area contributed by atoms with E-state index in [0.29, 0.717) is 0 Å². The first-order valence-corrected chi connectivity index (χ1v) is 5.72. The molecule has 0 saturated heterocycles. The molecule has 0 amide bonds. The van der Waals surface area contributed by atoms with Gasteiger partial charge in [-0.25, -0.2) is 8.78 Å². The predicted octanol–water partition coefficient (Wildman–Crippen LogP) is 3.60. The second-order valence-corrected chi connectivity index (χ2v) is 4.35. The molecule has 0 N–H and O–H groups in total. The SMILES string of the molecule is Fc1cc(Cl)ccc1[B]Oc1ccc(Cl)cc1F. The maximum Gasteiger partial charge on any atom is 0.411 e. The van der Waals surface area contributed by atoms with Gasteiger partial charge in [-0.05, 0) is 35.8 Å². The molecule has 2 rings (SSSR count). The Bertz CT molecular complexity index is 526. The highest BCUT2D eigenvalue weighted by atomic mass is 35.5. The van der Waals surface area contributed by atoms with Crippen molar-refractivity contribution in [2.45, 2.75) is 0 Å². The third-order valence-corrected chi connectivity index (χ3v) is 2.64. The molecule has 0 aliphatic heterocycles. The zero-order chi connectivity index (χ0) is 13.1. The Morgan fingerprint density at radius 2 is 1.50 bits per heavy atom. The summed E-state index contributed by atoms with van der Waals surface area (Å²) in [5.74, 6) is -1.20. The van der Waals surface area contributed by atoms with E-state index in [9.17, 15) is 8.78 Å². The number of hydrogen-bond donors (Lipinski definition) is 0. The fourth-order valence-corrected chi connectivity index (χ4v) is 1.61. The van der Waals surface area contributed by atoms with Gasteiger partial charge in [-0.2, -0.15) is 0 Å². The van der Waals surface area contributed by atoms with Crippen molar-refractivity contribution < 1.29 is 13.4 Å². The van der Waals surface area contributed by atoms with Gasteiger partial charge in [0, 0.05) is 10.0 Å². The van der Waals surface area contributed by atoms with Crippen LogP contribution in [0.15, 0.2) is 36.4 Å². The maximum atomic E-state index is 13.4. The Labute approximate surface area is 114 Å². The molecular formula is C12H6BCl2F2O. The van der Waals surface area contributed by atoms with Crippen LogP contribution in [0, 0.1) is 11.6 Å². The fourth-order valence-electron chi connectivity index (χ4n) is 1.29. The van der Waals surface area contributed by atoms with Gasteiger partial charge < -0.3 is 4.65 Å². The molecule has 0 bridgehead atoms. The third-order valence-electron chi connectivity index (χ3n) is 2.17. The van der Waals surface area contributed by atoms with E-state index >= 15 is 0 Å². The first-order chi connectivity index (χ1) is 8.56. The molecule has 0 spiro atoms. The fraction of sp³-hybridized carbons (Fsp3) is 0. The quantitative estimate of drug-likeness (QED) is 0.783. The van der Waals surface area contributed by atoms with Crippen LogP contribution in [0.4, 0.5) is 8.78 Å². The van der Waals surface area contributed by atoms with E-state index < -0.39 is 11.6 Å². The summed E-state index contributed by atoms with van der Waals surface area (Å²) in [6.07, 6.45) is 0. The first kappa shape index (κ1) is 13.2. The van der Waals surface area contributed by atoms with Gasteiger partial charge in [0.15, 0.2) is 5.82 Å². The van der Waals surface area contributed by atoms with Crippen molar-refractivity contribution in [3.8, 4) is 5.75 Å². The minimum atomic E-state index is -0.617. The number of hydrogen-bond acceptors (Lipinski definition) is 1. The highest BCUT2D eigenvalue weighted by Crippen LogP contribution is 2.20. The molecule has 0 fully saturated rings. The standard InChI is InChI=1S/C12H6BCl2F2O/c14-7-1-3-9(10(16)5-7)13-18-12-4-2-8(15)6-11(12)17/h1-6H. The molecule has 18 heavy (non-hydrogen) atoms. The van der Waals surface area contributed by atoms with Crippen molar-refractivity contribution in [3.63, 3.8) is 0 Å². The summed E-state index contributed by atoms with van der Waals surface area (Å²) in [7, 11) is 1.11. The van der Waals surface area contributed by atoms with Gasteiger partial charge in [0.05, 0.1) is 0 Å². The van der Waals surface area contributed by atoms with E-state index in [1.165, 1.54) is 24.3 Å². The molecule has 0 aliphatic carbocycles. The Kier molecular flexibility index (Phi) is 4.09. The van der Waals surface area contributed by atoms with E-state index in [1.807, 2.05) is 0 Å². The molecule has 2 aromatic carbocycles. The molecule has 0 heterocycles. The van der Waals surface area contributed by atoms with Crippen molar-refractivity contribution in [2.75, 3.05) is 0 Å². The van der Waals surface area contributed by atoms with Crippen LogP contribution in [0.25, 0.3) is 0 Å². The van der Waals surface area contributed by atoms with Crippen LogP contribution in [0.2, 0.25) is 10.0 Å². The number of benzene rings is 2. The van der Waals surface area contributed by atoms with Crippen molar-refractivity contribution in [1.29, 1.82) is 0 Å². The van der Waals surface area contributed by atoms with E-state index in [0.717, 1.165) is 19.6 Å². The Morgan fingerprint density at radius 1 is 0.889 bits per heavy atom. The van der Waals surface area contributed by atoms with E-state index in [-0.39, 0.29) is 21.3 Å². The molecule has 0 unspecified atom stereocenters. The highest BCUT2D eigenvalue weighted by Gasteiger charge is 2.10. The molecule has 0 aliphatic rings. The molecule has 0 atom stereocenters. The van der Waals surface area contributed by atoms with Gasteiger partial charge in [-0.3, -0.25) is 0 Å². The monoisotopic (exact) mass is 285 g/mol. The van der Waals surface area contributed by atoms with Crippen LogP contribution in [-0.2, 0) is 0 Å². The zero-order valence-corrected chi connectivity index (χ0v) is 10.5. The zero-order valence-electron chi connectivity index (χ0n) is 8.96. The molecule has 1 nitrogen and oxygen atoms in total. The van der Waals surface area contributed by atoms with Crippen LogP contribution < -0.4 is 10.1 Å². The molecular weight excluding hydrogens is 280 g/mol. The van der Waals surface area contributed by atoms with E-state index in [4.69, 9.17) is 27.9 Å². The minimum absolute atomic E-state index is 0.0336. The van der Waals surface area contributed by atoms with Crippen molar-refractivity contribution >= 4 is 36.1 Å². The highest BCUT2D eigenvalue weighted by molar-refractivity contribution is 6.48. The lowest BCUT2D eigenvalue weighted by Gasteiger charge is -2.07. The van der Waals surface area contributed by atoms with Crippen LogP contribution in [0.3, 0.4) is 0 Å². The summed E-state index contributed by atoms with van der Waals surface area (Å²) in [6, 6.07) is 8.05. The van der Waals surface area contributed by atoms with E-state index in [1.54, 1.807) is 0 Å². The van der Waals surface area contributed by atoms with Gasteiger partial charge >= 0.3 is 7.48 Å². The smallest absolute Gasteiger partial charge is 0.411 e. The largest absolute Gasteiger partial charge is 0.556 e. The van der Waals surface area contributed by atoms with Crippen LogP contribution in [-0.4, -0.2) is 7.48 Å². The van der Waals surface area contributed by atoms with Gasteiger partial charge in [-0.1, -0.05) is 29.3 Å². The van der Waals surface area contributed by atoms with E-state index in [2.05, 4.69) is 0 Å². The van der Waals surface area contributed by atoms with Crippen LogP contribution in [0.5, 0.6) is 5.75 Å². The topological polar surface area (TPSA) is 9.23 Å². The minimum Gasteiger partial charge on any atom is -0.556 e. The molecule has 2 aromatic rings. The Balaban J connectivity index is 2.11. The summed E-state index contributed by atoms with van der Waals surface area (Å²) in [6.45, 7) is 0. The van der Waals surface area contributed by atoms with Crippen molar-refractivity contribution in [1.82, 2.24) is 0 Å². The molecule has 1 radical (unpaired) electrons. The second kappa shape index (κ2) is 5.59. The second-order valence-electron chi connectivity index (χ2n) is 3.48. The maximum absolute atomic E-state index is 13.4. The summed E-state index contributed by atoms with van der Waals surface area (Å²) in [5, 5.41) is 0.542. The molecule has 91 valence electrons. The summed E-state index contributed by atoms with van der Waals surface area (Å²) in [4.78, 5) is 0.